The zero-order chi connectivity index (χ0) is 13.8. The third kappa shape index (κ3) is 3.10. The summed E-state index contributed by atoms with van der Waals surface area (Å²) in [5.41, 5.74) is 0.312. The van der Waals surface area contributed by atoms with Crippen LogP contribution in [0.4, 0.5) is 0 Å². The van der Waals surface area contributed by atoms with Gasteiger partial charge in [0, 0.05) is 20.1 Å². The number of piperidine rings is 1. The van der Waals surface area contributed by atoms with Gasteiger partial charge in [-0.05, 0) is 19.8 Å². The Balaban J connectivity index is 2.01. The highest BCUT2D eigenvalue weighted by Crippen LogP contribution is 2.19. The lowest BCUT2D eigenvalue weighted by Crippen LogP contribution is -2.43. The van der Waals surface area contributed by atoms with Gasteiger partial charge in [0.2, 0.25) is 0 Å². The molecule has 0 aliphatic carbocycles. The summed E-state index contributed by atoms with van der Waals surface area (Å²) in [4.78, 5) is 25.6. The first-order chi connectivity index (χ1) is 9.11. The van der Waals surface area contributed by atoms with Gasteiger partial charge in [0.05, 0.1) is 18.7 Å². The van der Waals surface area contributed by atoms with E-state index in [1.807, 2.05) is 0 Å². The van der Waals surface area contributed by atoms with Gasteiger partial charge in [-0.25, -0.2) is 0 Å². The molecular weight excluding hydrogens is 248 g/mol. The van der Waals surface area contributed by atoms with Gasteiger partial charge in [-0.1, -0.05) is 5.21 Å². The molecule has 1 aliphatic heterocycles. The fourth-order valence-corrected chi connectivity index (χ4v) is 2.22. The molecule has 1 saturated heterocycles. The van der Waals surface area contributed by atoms with E-state index in [0.717, 1.165) is 12.8 Å². The normalized spacial score (nSPS) is 19.3. The van der Waals surface area contributed by atoms with Crippen molar-refractivity contribution in [1.29, 1.82) is 0 Å². The number of aromatic nitrogens is 3. The number of carbonyl (C=O) groups excluding carboxylic acids is 2. The molecule has 104 valence electrons. The Hall–Kier alpha value is -1.92. The number of hydrogen-bond acceptors (Lipinski definition) is 5. The van der Waals surface area contributed by atoms with Gasteiger partial charge < -0.3 is 9.64 Å². The van der Waals surface area contributed by atoms with E-state index >= 15 is 0 Å². The molecule has 1 amide bonds. The molecule has 1 atom stereocenters. The van der Waals surface area contributed by atoms with Crippen molar-refractivity contribution in [2.45, 2.75) is 19.8 Å². The van der Waals surface area contributed by atoms with Crippen LogP contribution < -0.4 is 0 Å². The molecular formula is C12H18N4O3. The molecule has 1 unspecified atom stereocenters. The summed E-state index contributed by atoms with van der Waals surface area (Å²) in [6.45, 7) is 3.19. The maximum absolute atomic E-state index is 12.2. The number of hydrogen-bond donors (Lipinski definition) is 0. The molecule has 0 N–H and O–H groups in total. The van der Waals surface area contributed by atoms with Crippen LogP contribution in [0.25, 0.3) is 0 Å². The van der Waals surface area contributed by atoms with E-state index in [1.165, 1.54) is 4.68 Å². The van der Waals surface area contributed by atoms with Crippen molar-refractivity contribution in [1.82, 2.24) is 19.9 Å². The predicted octanol–water partition coefficient (Wildman–Crippen LogP) is 0.230. The fourth-order valence-electron chi connectivity index (χ4n) is 2.22. The summed E-state index contributed by atoms with van der Waals surface area (Å²) in [6, 6.07) is 0. The Morgan fingerprint density at radius 2 is 2.32 bits per heavy atom. The Bertz CT molecular complexity index is 471. The van der Waals surface area contributed by atoms with Crippen LogP contribution in [0.3, 0.4) is 0 Å². The molecule has 19 heavy (non-hydrogen) atoms. The number of ether oxygens (including phenoxy) is 1. The van der Waals surface area contributed by atoms with Gasteiger partial charge in [0.15, 0.2) is 5.69 Å². The molecule has 2 heterocycles. The van der Waals surface area contributed by atoms with Gasteiger partial charge in [-0.15, -0.1) is 5.10 Å². The molecule has 0 saturated carbocycles. The number of amides is 1. The Labute approximate surface area is 111 Å². The molecule has 1 aromatic heterocycles. The Morgan fingerprint density at radius 3 is 2.95 bits per heavy atom. The SMILES string of the molecule is CCOC(=O)C1CCCN(C(=O)c2cn(C)nn2)C1. The molecule has 2 rings (SSSR count). The highest BCUT2D eigenvalue weighted by Gasteiger charge is 2.30. The number of esters is 1. The molecule has 0 bridgehead atoms. The van der Waals surface area contributed by atoms with E-state index in [-0.39, 0.29) is 17.8 Å². The minimum atomic E-state index is -0.227. The molecule has 1 fully saturated rings. The van der Waals surface area contributed by atoms with Crippen molar-refractivity contribution in [3.8, 4) is 0 Å². The topological polar surface area (TPSA) is 77.3 Å². The number of carbonyl (C=O) groups is 2. The third-order valence-electron chi connectivity index (χ3n) is 3.15. The summed E-state index contributed by atoms with van der Waals surface area (Å²) in [5.74, 6) is -0.629. The number of likely N-dealkylation sites (tertiary alicyclic amines) is 1. The molecule has 0 aromatic carbocycles. The van der Waals surface area contributed by atoms with Crippen LogP contribution in [-0.2, 0) is 16.6 Å². The molecule has 1 aliphatic rings. The van der Waals surface area contributed by atoms with E-state index in [4.69, 9.17) is 4.74 Å². The maximum atomic E-state index is 12.2. The summed E-state index contributed by atoms with van der Waals surface area (Å²) < 4.78 is 6.50. The second-order valence-electron chi connectivity index (χ2n) is 4.62. The second kappa shape index (κ2) is 5.81. The first-order valence-electron chi connectivity index (χ1n) is 6.44. The molecule has 7 heteroatoms. The first kappa shape index (κ1) is 13.5. The van der Waals surface area contributed by atoms with Gasteiger partial charge in [-0.2, -0.15) is 0 Å². The van der Waals surface area contributed by atoms with Gasteiger partial charge in [0.1, 0.15) is 0 Å². The largest absolute Gasteiger partial charge is 0.466 e. The minimum Gasteiger partial charge on any atom is -0.466 e. The average molecular weight is 266 g/mol. The third-order valence-corrected chi connectivity index (χ3v) is 3.15. The number of rotatable bonds is 3. The highest BCUT2D eigenvalue weighted by atomic mass is 16.5. The quantitative estimate of drug-likeness (QED) is 0.732. The van der Waals surface area contributed by atoms with Gasteiger partial charge in [0.25, 0.3) is 5.91 Å². The molecule has 7 nitrogen and oxygen atoms in total. The lowest BCUT2D eigenvalue weighted by molar-refractivity contribution is -0.149. The van der Waals surface area contributed by atoms with Crippen molar-refractivity contribution in [2.75, 3.05) is 19.7 Å². The van der Waals surface area contributed by atoms with Crippen molar-refractivity contribution in [3.63, 3.8) is 0 Å². The van der Waals surface area contributed by atoms with Gasteiger partial charge >= 0.3 is 5.97 Å². The van der Waals surface area contributed by atoms with Crippen molar-refractivity contribution < 1.29 is 14.3 Å². The zero-order valence-corrected chi connectivity index (χ0v) is 11.2. The van der Waals surface area contributed by atoms with Crippen molar-refractivity contribution in [3.05, 3.63) is 11.9 Å². The van der Waals surface area contributed by atoms with Crippen LogP contribution in [0.15, 0.2) is 6.20 Å². The lowest BCUT2D eigenvalue weighted by Gasteiger charge is -2.30. The van der Waals surface area contributed by atoms with Crippen LogP contribution in [0, 0.1) is 5.92 Å². The number of nitrogens with zero attached hydrogens (tertiary/aromatic N) is 4. The van der Waals surface area contributed by atoms with E-state index in [1.54, 1.807) is 25.1 Å². The van der Waals surface area contributed by atoms with E-state index < -0.39 is 0 Å². The fraction of sp³-hybridized carbons (Fsp3) is 0.667. The predicted molar refractivity (Wildman–Crippen MR) is 66.3 cm³/mol. The summed E-state index contributed by atoms with van der Waals surface area (Å²) in [7, 11) is 1.71. The zero-order valence-electron chi connectivity index (χ0n) is 11.2. The summed E-state index contributed by atoms with van der Waals surface area (Å²) in [6.07, 6.45) is 3.15. The van der Waals surface area contributed by atoms with E-state index in [0.29, 0.717) is 25.4 Å². The molecule has 0 spiro atoms. The Kier molecular flexibility index (Phi) is 4.13. The van der Waals surface area contributed by atoms with Crippen LogP contribution >= 0.6 is 0 Å². The van der Waals surface area contributed by atoms with E-state index in [9.17, 15) is 9.59 Å². The standard InChI is InChI=1S/C12H18N4O3/c1-3-19-12(18)9-5-4-6-16(7-9)11(17)10-8-15(2)14-13-10/h8-9H,3-7H2,1-2H3. The summed E-state index contributed by atoms with van der Waals surface area (Å²) >= 11 is 0. The van der Waals surface area contributed by atoms with Crippen LogP contribution in [0.2, 0.25) is 0 Å². The van der Waals surface area contributed by atoms with Crippen LogP contribution in [-0.4, -0.2) is 51.5 Å². The molecule has 1 aromatic rings. The van der Waals surface area contributed by atoms with Crippen molar-refractivity contribution >= 4 is 11.9 Å². The second-order valence-corrected chi connectivity index (χ2v) is 4.62. The number of aryl methyl sites for hydroxylation is 1. The van der Waals surface area contributed by atoms with Crippen molar-refractivity contribution in [2.24, 2.45) is 13.0 Å². The monoisotopic (exact) mass is 266 g/mol. The average Bonchev–Trinajstić information content (AvgIpc) is 2.85. The Morgan fingerprint density at radius 1 is 1.53 bits per heavy atom. The minimum absolute atomic E-state index is 0.179. The highest BCUT2D eigenvalue weighted by molar-refractivity contribution is 5.92. The van der Waals surface area contributed by atoms with Gasteiger partial charge in [-0.3, -0.25) is 14.3 Å². The smallest absolute Gasteiger partial charge is 0.310 e. The first-order valence-corrected chi connectivity index (χ1v) is 6.44. The molecule has 0 radical (unpaired) electrons. The van der Waals surface area contributed by atoms with Crippen LogP contribution in [0.5, 0.6) is 0 Å². The van der Waals surface area contributed by atoms with E-state index in [2.05, 4.69) is 10.3 Å². The van der Waals surface area contributed by atoms with Crippen LogP contribution in [0.1, 0.15) is 30.3 Å². The lowest BCUT2D eigenvalue weighted by atomic mass is 9.98. The summed E-state index contributed by atoms with van der Waals surface area (Å²) in [5, 5.41) is 7.55. The maximum Gasteiger partial charge on any atom is 0.310 e.